The maximum Gasteiger partial charge on any atom is 0.238 e. The van der Waals surface area contributed by atoms with Crippen LogP contribution in [0.2, 0.25) is 0 Å². The average Bonchev–Trinajstić information content (AvgIpc) is 2.35. The van der Waals surface area contributed by atoms with Crippen LogP contribution in [-0.4, -0.2) is 45.6 Å². The molecule has 1 aromatic heterocycles. The maximum atomic E-state index is 5.66. The summed E-state index contributed by atoms with van der Waals surface area (Å²) in [5, 5.41) is 3.11. The Balaban J connectivity index is 2.27. The lowest BCUT2D eigenvalue weighted by atomic mass is 10.4. The van der Waals surface area contributed by atoms with Gasteiger partial charge in [-0.1, -0.05) is 0 Å². The molecule has 0 bridgehead atoms. The molecule has 96 valence electrons. The van der Waals surface area contributed by atoms with Gasteiger partial charge in [-0.15, -0.1) is 0 Å². The molecule has 6 heteroatoms. The van der Waals surface area contributed by atoms with Crippen molar-refractivity contribution < 1.29 is 14.2 Å². The zero-order chi connectivity index (χ0) is 12.5. The van der Waals surface area contributed by atoms with E-state index < -0.39 is 0 Å². The summed E-state index contributed by atoms with van der Waals surface area (Å²) in [4.78, 5) is 4.19. The molecule has 0 aromatic carbocycles. The molecule has 1 rings (SSSR count). The molecule has 0 aliphatic heterocycles. The number of nitrogens with one attached hydrogen (secondary N) is 1. The van der Waals surface area contributed by atoms with Crippen LogP contribution < -0.4 is 15.8 Å². The smallest absolute Gasteiger partial charge is 0.238 e. The first-order valence-corrected chi connectivity index (χ1v) is 5.39. The van der Waals surface area contributed by atoms with Crippen molar-refractivity contribution in [1.29, 1.82) is 0 Å². The Morgan fingerprint density at radius 2 is 2.06 bits per heavy atom. The molecule has 0 atom stereocenters. The molecule has 17 heavy (non-hydrogen) atoms. The highest BCUT2D eigenvalue weighted by Gasteiger charge is 2.01. The number of methoxy groups -OCH3 is 2. The van der Waals surface area contributed by atoms with Gasteiger partial charge in [-0.25, -0.2) is 0 Å². The SMILES string of the molecule is COCCOCCNc1ccc(N)c(OC)n1. The summed E-state index contributed by atoms with van der Waals surface area (Å²) in [7, 11) is 3.18. The van der Waals surface area contributed by atoms with Gasteiger partial charge < -0.3 is 25.3 Å². The second-order valence-corrected chi connectivity index (χ2v) is 3.33. The van der Waals surface area contributed by atoms with Gasteiger partial charge in [-0.05, 0) is 12.1 Å². The Labute approximate surface area is 101 Å². The third kappa shape index (κ3) is 4.88. The zero-order valence-electron chi connectivity index (χ0n) is 10.2. The van der Waals surface area contributed by atoms with Crippen LogP contribution >= 0.6 is 0 Å². The van der Waals surface area contributed by atoms with Crippen LogP contribution in [0.1, 0.15) is 0 Å². The van der Waals surface area contributed by atoms with Crippen molar-refractivity contribution in [3.05, 3.63) is 12.1 Å². The number of nitrogens with zero attached hydrogens (tertiary/aromatic N) is 1. The second kappa shape index (κ2) is 7.70. The predicted octanol–water partition coefficient (Wildman–Crippen LogP) is 0.747. The Hall–Kier alpha value is -1.53. The molecule has 0 saturated heterocycles. The number of hydrogen-bond donors (Lipinski definition) is 2. The second-order valence-electron chi connectivity index (χ2n) is 3.33. The molecular formula is C11H19N3O3. The first kappa shape index (κ1) is 13.5. The average molecular weight is 241 g/mol. The lowest BCUT2D eigenvalue weighted by molar-refractivity contribution is 0.0759. The standard InChI is InChI=1S/C11H19N3O3/c1-15-7-8-17-6-5-13-10-4-3-9(12)11(14-10)16-2/h3-4H,5-8,12H2,1-2H3,(H,13,14). The van der Waals surface area contributed by atoms with Gasteiger partial charge in [0.25, 0.3) is 0 Å². The summed E-state index contributed by atoms with van der Waals surface area (Å²) < 4.78 is 15.2. The highest BCUT2D eigenvalue weighted by atomic mass is 16.5. The lowest BCUT2D eigenvalue weighted by Gasteiger charge is -2.09. The molecule has 6 nitrogen and oxygen atoms in total. The van der Waals surface area contributed by atoms with Gasteiger partial charge in [0.15, 0.2) is 0 Å². The minimum atomic E-state index is 0.426. The molecule has 1 heterocycles. The Morgan fingerprint density at radius 3 is 2.76 bits per heavy atom. The van der Waals surface area contributed by atoms with Crippen LogP contribution in [-0.2, 0) is 9.47 Å². The molecule has 0 aliphatic carbocycles. The third-order valence-corrected chi connectivity index (χ3v) is 2.07. The molecule has 0 saturated carbocycles. The van der Waals surface area contributed by atoms with Crippen LogP contribution in [0.5, 0.6) is 5.88 Å². The van der Waals surface area contributed by atoms with E-state index in [2.05, 4.69) is 10.3 Å². The molecule has 0 amide bonds. The van der Waals surface area contributed by atoms with Gasteiger partial charge in [0.2, 0.25) is 5.88 Å². The van der Waals surface area contributed by atoms with Gasteiger partial charge in [0.1, 0.15) is 5.82 Å². The molecule has 0 spiro atoms. The Bertz CT molecular complexity index is 334. The molecule has 0 fully saturated rings. The molecule has 0 radical (unpaired) electrons. The van der Waals surface area contributed by atoms with E-state index in [0.29, 0.717) is 43.8 Å². The van der Waals surface area contributed by atoms with Gasteiger partial charge in [-0.3, -0.25) is 0 Å². The normalized spacial score (nSPS) is 10.2. The molecule has 1 aromatic rings. The highest BCUT2D eigenvalue weighted by Crippen LogP contribution is 2.19. The molecule has 0 aliphatic rings. The summed E-state index contributed by atoms with van der Waals surface area (Å²) >= 11 is 0. The number of ether oxygens (including phenoxy) is 3. The predicted molar refractivity (Wildman–Crippen MR) is 66.4 cm³/mol. The fourth-order valence-electron chi connectivity index (χ4n) is 1.21. The summed E-state index contributed by atoms with van der Waals surface area (Å²) in [6.07, 6.45) is 0. The summed E-state index contributed by atoms with van der Waals surface area (Å²) in [5.41, 5.74) is 6.18. The van der Waals surface area contributed by atoms with Crippen LogP contribution in [0.15, 0.2) is 12.1 Å². The van der Waals surface area contributed by atoms with Crippen molar-refractivity contribution in [2.24, 2.45) is 0 Å². The summed E-state index contributed by atoms with van der Waals surface area (Å²) in [6.45, 7) is 2.46. The van der Waals surface area contributed by atoms with E-state index in [9.17, 15) is 0 Å². The third-order valence-electron chi connectivity index (χ3n) is 2.07. The van der Waals surface area contributed by atoms with Gasteiger partial charge in [0.05, 0.1) is 32.6 Å². The Kier molecular flexibility index (Phi) is 6.13. The van der Waals surface area contributed by atoms with Gasteiger partial charge in [0, 0.05) is 13.7 Å². The van der Waals surface area contributed by atoms with E-state index in [1.54, 1.807) is 19.2 Å². The van der Waals surface area contributed by atoms with Crippen molar-refractivity contribution in [3.63, 3.8) is 0 Å². The van der Waals surface area contributed by atoms with E-state index in [1.165, 1.54) is 7.11 Å². The monoisotopic (exact) mass is 241 g/mol. The summed E-state index contributed by atoms with van der Waals surface area (Å²) in [5.74, 6) is 1.14. The van der Waals surface area contributed by atoms with Gasteiger partial charge >= 0.3 is 0 Å². The largest absolute Gasteiger partial charge is 0.479 e. The number of anilines is 2. The van der Waals surface area contributed by atoms with Crippen LogP contribution in [0.25, 0.3) is 0 Å². The van der Waals surface area contributed by atoms with Crippen molar-refractivity contribution in [3.8, 4) is 5.88 Å². The molecule has 0 unspecified atom stereocenters. The first-order valence-electron chi connectivity index (χ1n) is 5.39. The highest BCUT2D eigenvalue weighted by molar-refractivity contribution is 5.53. The van der Waals surface area contributed by atoms with E-state index in [-0.39, 0.29) is 0 Å². The van der Waals surface area contributed by atoms with Crippen LogP contribution in [0, 0.1) is 0 Å². The van der Waals surface area contributed by atoms with E-state index >= 15 is 0 Å². The summed E-state index contributed by atoms with van der Waals surface area (Å²) in [6, 6.07) is 3.55. The van der Waals surface area contributed by atoms with E-state index in [4.69, 9.17) is 19.9 Å². The molecule has 3 N–H and O–H groups in total. The lowest BCUT2D eigenvalue weighted by Crippen LogP contribution is -2.13. The number of rotatable bonds is 8. The number of nitrogens with two attached hydrogens (primary N) is 1. The number of pyridine rings is 1. The van der Waals surface area contributed by atoms with Crippen molar-refractivity contribution in [2.75, 3.05) is 51.6 Å². The van der Waals surface area contributed by atoms with E-state index in [1.807, 2.05) is 0 Å². The fourth-order valence-corrected chi connectivity index (χ4v) is 1.21. The first-order chi connectivity index (χ1) is 8.27. The van der Waals surface area contributed by atoms with Crippen molar-refractivity contribution in [1.82, 2.24) is 4.98 Å². The van der Waals surface area contributed by atoms with Crippen molar-refractivity contribution in [2.45, 2.75) is 0 Å². The number of hydrogen-bond acceptors (Lipinski definition) is 6. The van der Waals surface area contributed by atoms with Crippen molar-refractivity contribution >= 4 is 11.5 Å². The topological polar surface area (TPSA) is 78.6 Å². The number of nitrogen functional groups attached to an aromatic ring is 1. The van der Waals surface area contributed by atoms with E-state index in [0.717, 1.165) is 0 Å². The minimum Gasteiger partial charge on any atom is -0.479 e. The maximum absolute atomic E-state index is 5.66. The molecular weight excluding hydrogens is 222 g/mol. The fraction of sp³-hybridized carbons (Fsp3) is 0.545. The minimum absolute atomic E-state index is 0.426. The number of aromatic nitrogens is 1. The van der Waals surface area contributed by atoms with Gasteiger partial charge in [-0.2, -0.15) is 4.98 Å². The van der Waals surface area contributed by atoms with Crippen LogP contribution in [0.4, 0.5) is 11.5 Å². The quantitative estimate of drug-likeness (QED) is 0.654. The van der Waals surface area contributed by atoms with Crippen LogP contribution in [0.3, 0.4) is 0 Å². The zero-order valence-corrected chi connectivity index (χ0v) is 10.2. The Morgan fingerprint density at radius 1 is 1.24 bits per heavy atom.